The van der Waals surface area contributed by atoms with Crippen molar-refractivity contribution in [1.82, 2.24) is 15.0 Å². The monoisotopic (exact) mass is 184 g/mol. The molecule has 1 heterocycles. The fourth-order valence-electron chi connectivity index (χ4n) is 1.30. The van der Waals surface area contributed by atoms with Crippen molar-refractivity contribution in [2.45, 2.75) is 32.9 Å². The van der Waals surface area contributed by atoms with E-state index in [1.54, 1.807) is 4.68 Å². The summed E-state index contributed by atoms with van der Waals surface area (Å²) in [6, 6.07) is -0.0252. The van der Waals surface area contributed by atoms with Gasteiger partial charge in [-0.05, 0) is 13.3 Å². The number of aliphatic hydroxyl groups excluding tert-OH is 1. The third-order valence-corrected chi connectivity index (χ3v) is 2.08. The van der Waals surface area contributed by atoms with E-state index in [2.05, 4.69) is 10.3 Å². The maximum absolute atomic E-state index is 8.97. The lowest BCUT2D eigenvalue weighted by atomic mass is 10.2. The Morgan fingerprint density at radius 2 is 2.31 bits per heavy atom. The molecule has 1 unspecified atom stereocenters. The Bertz CT molecular complexity index is 271. The molecule has 0 aliphatic rings. The Hall–Kier alpha value is -0.940. The summed E-state index contributed by atoms with van der Waals surface area (Å²) in [6.07, 6.45) is 0.837. The summed E-state index contributed by atoms with van der Waals surface area (Å²) in [6.45, 7) is 4.40. The van der Waals surface area contributed by atoms with E-state index in [0.717, 1.165) is 17.8 Å². The molecule has 0 saturated carbocycles. The zero-order chi connectivity index (χ0) is 9.84. The van der Waals surface area contributed by atoms with Crippen molar-refractivity contribution in [3.05, 3.63) is 11.4 Å². The predicted octanol–water partition coefficient (Wildman–Crippen LogP) is -0.148. The SMILES string of the molecule is CCc1c(CN)nnn1C(C)CO. The molecule has 0 radical (unpaired) electrons. The lowest BCUT2D eigenvalue weighted by Crippen LogP contribution is -2.14. The zero-order valence-corrected chi connectivity index (χ0v) is 8.06. The Kier molecular flexibility index (Phi) is 3.39. The van der Waals surface area contributed by atoms with Gasteiger partial charge in [0.2, 0.25) is 0 Å². The fourth-order valence-corrected chi connectivity index (χ4v) is 1.30. The largest absolute Gasteiger partial charge is 0.394 e. The van der Waals surface area contributed by atoms with Crippen molar-refractivity contribution in [1.29, 1.82) is 0 Å². The van der Waals surface area contributed by atoms with Crippen LogP contribution in [-0.2, 0) is 13.0 Å². The van der Waals surface area contributed by atoms with Crippen LogP contribution in [0.4, 0.5) is 0 Å². The average Bonchev–Trinajstić information content (AvgIpc) is 2.58. The van der Waals surface area contributed by atoms with Gasteiger partial charge in [-0.2, -0.15) is 0 Å². The smallest absolute Gasteiger partial charge is 0.0994 e. The van der Waals surface area contributed by atoms with E-state index >= 15 is 0 Å². The molecule has 1 aromatic heterocycles. The van der Waals surface area contributed by atoms with Crippen molar-refractivity contribution in [3.63, 3.8) is 0 Å². The molecule has 0 bridgehead atoms. The molecule has 0 amide bonds. The second-order valence-corrected chi connectivity index (χ2v) is 3.02. The number of nitrogens with zero attached hydrogens (tertiary/aromatic N) is 3. The van der Waals surface area contributed by atoms with Crippen molar-refractivity contribution >= 4 is 0 Å². The molecule has 0 aliphatic carbocycles. The van der Waals surface area contributed by atoms with Crippen LogP contribution in [0.5, 0.6) is 0 Å². The van der Waals surface area contributed by atoms with Crippen LogP contribution in [0, 0.1) is 0 Å². The van der Waals surface area contributed by atoms with Gasteiger partial charge in [0.15, 0.2) is 0 Å². The number of hydrogen-bond donors (Lipinski definition) is 2. The number of hydrogen-bond acceptors (Lipinski definition) is 4. The molecular formula is C8H16N4O. The first-order valence-corrected chi connectivity index (χ1v) is 4.48. The molecule has 0 aromatic carbocycles. The van der Waals surface area contributed by atoms with Crippen LogP contribution in [0.2, 0.25) is 0 Å². The van der Waals surface area contributed by atoms with E-state index < -0.39 is 0 Å². The molecule has 1 atom stereocenters. The van der Waals surface area contributed by atoms with E-state index in [9.17, 15) is 0 Å². The number of nitrogens with two attached hydrogens (primary N) is 1. The first-order valence-electron chi connectivity index (χ1n) is 4.48. The minimum absolute atomic E-state index is 0.0252. The van der Waals surface area contributed by atoms with Gasteiger partial charge in [0.05, 0.1) is 24.0 Å². The maximum atomic E-state index is 8.97. The fraction of sp³-hybridized carbons (Fsp3) is 0.750. The molecule has 5 heteroatoms. The van der Waals surface area contributed by atoms with Gasteiger partial charge in [0.1, 0.15) is 0 Å². The van der Waals surface area contributed by atoms with Crippen LogP contribution in [-0.4, -0.2) is 26.7 Å². The average molecular weight is 184 g/mol. The van der Waals surface area contributed by atoms with Gasteiger partial charge in [0, 0.05) is 6.54 Å². The summed E-state index contributed by atoms with van der Waals surface area (Å²) in [5, 5.41) is 16.9. The zero-order valence-electron chi connectivity index (χ0n) is 8.06. The van der Waals surface area contributed by atoms with Crippen molar-refractivity contribution in [3.8, 4) is 0 Å². The number of aromatic nitrogens is 3. The van der Waals surface area contributed by atoms with E-state index in [4.69, 9.17) is 10.8 Å². The lowest BCUT2D eigenvalue weighted by molar-refractivity contribution is 0.225. The summed E-state index contributed by atoms with van der Waals surface area (Å²) in [4.78, 5) is 0. The van der Waals surface area contributed by atoms with E-state index in [0.29, 0.717) is 6.54 Å². The standard InChI is InChI=1S/C8H16N4O/c1-3-8-7(4-9)10-11-12(8)6(2)5-13/h6,13H,3-5,9H2,1-2H3. The maximum Gasteiger partial charge on any atom is 0.0994 e. The Morgan fingerprint density at radius 1 is 1.62 bits per heavy atom. The normalized spacial score (nSPS) is 13.2. The molecule has 5 nitrogen and oxygen atoms in total. The second kappa shape index (κ2) is 4.34. The van der Waals surface area contributed by atoms with E-state index in [1.165, 1.54) is 0 Å². The van der Waals surface area contributed by atoms with E-state index in [1.807, 2.05) is 13.8 Å². The van der Waals surface area contributed by atoms with Crippen molar-refractivity contribution < 1.29 is 5.11 Å². The summed E-state index contributed by atoms with van der Waals surface area (Å²) < 4.78 is 1.74. The summed E-state index contributed by atoms with van der Waals surface area (Å²) in [5.74, 6) is 0. The molecule has 3 N–H and O–H groups in total. The first-order chi connectivity index (χ1) is 6.24. The van der Waals surface area contributed by atoms with Crippen LogP contribution in [0.3, 0.4) is 0 Å². The van der Waals surface area contributed by atoms with Gasteiger partial charge < -0.3 is 10.8 Å². The Balaban J connectivity index is 3.00. The van der Waals surface area contributed by atoms with Crippen LogP contribution in [0.15, 0.2) is 0 Å². The minimum atomic E-state index is -0.0252. The molecule has 0 aliphatic heterocycles. The summed E-state index contributed by atoms with van der Waals surface area (Å²) in [7, 11) is 0. The van der Waals surface area contributed by atoms with Gasteiger partial charge in [-0.15, -0.1) is 5.10 Å². The van der Waals surface area contributed by atoms with Crippen LogP contribution in [0.1, 0.15) is 31.3 Å². The molecule has 13 heavy (non-hydrogen) atoms. The number of rotatable bonds is 4. The van der Waals surface area contributed by atoms with Gasteiger partial charge >= 0.3 is 0 Å². The second-order valence-electron chi connectivity index (χ2n) is 3.02. The molecule has 0 spiro atoms. The lowest BCUT2D eigenvalue weighted by Gasteiger charge is -2.10. The summed E-state index contributed by atoms with van der Waals surface area (Å²) in [5.41, 5.74) is 7.34. The van der Waals surface area contributed by atoms with Crippen molar-refractivity contribution in [2.75, 3.05) is 6.61 Å². The Morgan fingerprint density at radius 3 is 2.77 bits per heavy atom. The molecule has 0 fully saturated rings. The number of aliphatic hydroxyl groups is 1. The predicted molar refractivity (Wildman–Crippen MR) is 49.1 cm³/mol. The van der Waals surface area contributed by atoms with Gasteiger partial charge in [-0.1, -0.05) is 12.1 Å². The Labute approximate surface area is 77.6 Å². The molecule has 0 saturated heterocycles. The molecule has 1 aromatic rings. The third-order valence-electron chi connectivity index (χ3n) is 2.08. The van der Waals surface area contributed by atoms with E-state index in [-0.39, 0.29) is 12.6 Å². The van der Waals surface area contributed by atoms with Crippen molar-refractivity contribution in [2.24, 2.45) is 5.73 Å². The molecular weight excluding hydrogens is 168 g/mol. The molecule has 1 rings (SSSR count). The van der Waals surface area contributed by atoms with Gasteiger partial charge in [-0.25, -0.2) is 4.68 Å². The van der Waals surface area contributed by atoms with Gasteiger partial charge in [-0.3, -0.25) is 0 Å². The quantitative estimate of drug-likeness (QED) is 0.682. The first kappa shape index (κ1) is 10.1. The van der Waals surface area contributed by atoms with Crippen LogP contribution >= 0.6 is 0 Å². The topological polar surface area (TPSA) is 77.0 Å². The highest BCUT2D eigenvalue weighted by Gasteiger charge is 2.13. The van der Waals surface area contributed by atoms with Crippen LogP contribution in [0.25, 0.3) is 0 Å². The third kappa shape index (κ3) is 1.87. The minimum Gasteiger partial charge on any atom is -0.394 e. The van der Waals surface area contributed by atoms with Gasteiger partial charge in [0.25, 0.3) is 0 Å². The van der Waals surface area contributed by atoms with Crippen LogP contribution < -0.4 is 5.73 Å². The highest BCUT2D eigenvalue weighted by atomic mass is 16.3. The highest BCUT2D eigenvalue weighted by Crippen LogP contribution is 2.11. The highest BCUT2D eigenvalue weighted by molar-refractivity contribution is 5.10. The molecule has 74 valence electrons. The summed E-state index contributed by atoms with van der Waals surface area (Å²) >= 11 is 0.